The van der Waals surface area contributed by atoms with Crippen LogP contribution in [0.15, 0.2) is 66.9 Å². The minimum Gasteiger partial charge on any atom is -0.346 e. The highest BCUT2D eigenvalue weighted by atomic mass is 16.2. The fourth-order valence-electron chi connectivity index (χ4n) is 2.70. The predicted octanol–water partition coefficient (Wildman–Crippen LogP) is 3.92. The average molecular weight is 347 g/mol. The van der Waals surface area contributed by atoms with E-state index in [1.54, 1.807) is 18.3 Å². The highest BCUT2D eigenvalue weighted by Crippen LogP contribution is 2.18. The van der Waals surface area contributed by atoms with Crippen LogP contribution in [0.4, 0.5) is 0 Å². The van der Waals surface area contributed by atoms with Gasteiger partial charge in [-0.1, -0.05) is 60.7 Å². The molecule has 0 spiro atoms. The zero-order chi connectivity index (χ0) is 18.4. The normalized spacial score (nSPS) is 11.7. The molecular weight excluding hydrogens is 326 g/mol. The van der Waals surface area contributed by atoms with Crippen molar-refractivity contribution in [1.29, 1.82) is 0 Å². The number of ketones is 1. The van der Waals surface area contributed by atoms with Gasteiger partial charge >= 0.3 is 0 Å². The quantitative estimate of drug-likeness (QED) is 0.636. The van der Waals surface area contributed by atoms with E-state index in [0.29, 0.717) is 11.4 Å². The summed E-state index contributed by atoms with van der Waals surface area (Å²) in [5.41, 5.74) is 2.58. The Labute approximate surface area is 152 Å². The van der Waals surface area contributed by atoms with Gasteiger partial charge in [0.05, 0.1) is 17.9 Å². The van der Waals surface area contributed by atoms with Crippen LogP contribution in [0.2, 0.25) is 0 Å². The fraction of sp³-hybridized carbons (Fsp3) is 0.190. The first kappa shape index (κ1) is 17.6. The van der Waals surface area contributed by atoms with Gasteiger partial charge < -0.3 is 10.3 Å². The number of hydrogen-bond donors (Lipinski definition) is 2. The summed E-state index contributed by atoms with van der Waals surface area (Å²) in [6.45, 7) is 1.87. The molecule has 0 bridgehead atoms. The van der Waals surface area contributed by atoms with Crippen LogP contribution in [0.1, 0.15) is 42.0 Å². The van der Waals surface area contributed by atoms with Gasteiger partial charge in [0.25, 0.3) is 0 Å². The van der Waals surface area contributed by atoms with Crippen LogP contribution in [0.5, 0.6) is 0 Å². The molecule has 3 aromatic rings. The molecule has 2 N–H and O–H groups in total. The molecule has 0 saturated carbocycles. The lowest BCUT2D eigenvalue weighted by Crippen LogP contribution is -2.27. The Bertz CT molecular complexity index is 873. The second-order valence-corrected chi connectivity index (χ2v) is 6.13. The van der Waals surface area contributed by atoms with Gasteiger partial charge in [0.15, 0.2) is 5.78 Å². The number of rotatable bonds is 7. The molecule has 1 atom stereocenters. The molecule has 1 aromatic heterocycles. The standard InChI is InChI=1S/C21H21N3O2/c1-15(21-22-14-18(24-21)16-8-4-2-5-9-16)23-20(26)13-12-19(25)17-10-6-3-7-11-17/h2-11,14-15H,12-13H2,1H3,(H,22,24)(H,23,26)/t15-/m0/s1. The molecule has 1 amide bonds. The van der Waals surface area contributed by atoms with Crippen molar-refractivity contribution >= 4 is 11.7 Å². The number of benzene rings is 2. The maximum atomic E-state index is 12.1. The number of H-pyrrole nitrogens is 1. The predicted molar refractivity (Wildman–Crippen MR) is 101 cm³/mol. The van der Waals surface area contributed by atoms with Gasteiger partial charge in [-0.2, -0.15) is 0 Å². The van der Waals surface area contributed by atoms with Crippen LogP contribution >= 0.6 is 0 Å². The molecule has 2 aromatic carbocycles. The Balaban J connectivity index is 1.53. The average Bonchev–Trinajstić information content (AvgIpc) is 3.18. The molecule has 0 fully saturated rings. The maximum absolute atomic E-state index is 12.1. The molecule has 5 nitrogen and oxygen atoms in total. The van der Waals surface area contributed by atoms with Gasteiger partial charge in [0.2, 0.25) is 5.91 Å². The lowest BCUT2D eigenvalue weighted by molar-refractivity contribution is -0.121. The lowest BCUT2D eigenvalue weighted by Gasteiger charge is -2.11. The Kier molecular flexibility index (Phi) is 5.59. The third-order valence-electron chi connectivity index (χ3n) is 4.14. The van der Waals surface area contributed by atoms with Crippen molar-refractivity contribution in [2.24, 2.45) is 0 Å². The van der Waals surface area contributed by atoms with E-state index in [1.807, 2.05) is 55.5 Å². The van der Waals surface area contributed by atoms with Crippen molar-refractivity contribution in [3.8, 4) is 11.3 Å². The number of carbonyl (C=O) groups excluding carboxylic acids is 2. The molecule has 0 aliphatic heterocycles. The van der Waals surface area contributed by atoms with Crippen LogP contribution in [-0.4, -0.2) is 21.7 Å². The number of aromatic amines is 1. The summed E-state index contributed by atoms with van der Waals surface area (Å²) in [6, 6.07) is 18.6. The second-order valence-electron chi connectivity index (χ2n) is 6.13. The summed E-state index contributed by atoms with van der Waals surface area (Å²) in [7, 11) is 0. The summed E-state index contributed by atoms with van der Waals surface area (Å²) < 4.78 is 0. The zero-order valence-electron chi connectivity index (χ0n) is 14.6. The number of imidazole rings is 1. The number of amides is 1. The fourth-order valence-corrected chi connectivity index (χ4v) is 2.70. The number of Topliss-reactive ketones (excluding diaryl/α,β-unsaturated/α-hetero) is 1. The molecule has 0 unspecified atom stereocenters. The molecule has 5 heteroatoms. The molecule has 1 heterocycles. The van der Waals surface area contributed by atoms with Gasteiger partial charge in [0, 0.05) is 18.4 Å². The smallest absolute Gasteiger partial charge is 0.221 e. The van der Waals surface area contributed by atoms with Gasteiger partial charge in [-0.05, 0) is 12.5 Å². The summed E-state index contributed by atoms with van der Waals surface area (Å²) >= 11 is 0. The molecule has 0 aliphatic carbocycles. The summed E-state index contributed by atoms with van der Waals surface area (Å²) in [5, 5.41) is 2.88. The topological polar surface area (TPSA) is 74.8 Å². The second kappa shape index (κ2) is 8.25. The first-order chi connectivity index (χ1) is 12.6. The highest BCUT2D eigenvalue weighted by molar-refractivity contribution is 5.97. The number of aromatic nitrogens is 2. The van der Waals surface area contributed by atoms with E-state index in [4.69, 9.17) is 0 Å². The molecule has 0 aliphatic rings. The van der Waals surface area contributed by atoms with Gasteiger partial charge in [-0.3, -0.25) is 9.59 Å². The van der Waals surface area contributed by atoms with Gasteiger partial charge in [0.1, 0.15) is 5.82 Å². The summed E-state index contributed by atoms with van der Waals surface area (Å²) in [5.74, 6) is 0.490. The van der Waals surface area contributed by atoms with Gasteiger partial charge in [-0.15, -0.1) is 0 Å². The largest absolute Gasteiger partial charge is 0.346 e. The first-order valence-corrected chi connectivity index (χ1v) is 8.61. The third-order valence-corrected chi connectivity index (χ3v) is 4.14. The maximum Gasteiger partial charge on any atom is 0.221 e. The Morgan fingerprint density at radius 3 is 2.35 bits per heavy atom. The van der Waals surface area contributed by atoms with Crippen LogP contribution in [0.25, 0.3) is 11.3 Å². The van der Waals surface area contributed by atoms with E-state index in [9.17, 15) is 9.59 Å². The minimum absolute atomic E-state index is 0.0298. The van der Waals surface area contributed by atoms with Gasteiger partial charge in [-0.25, -0.2) is 4.98 Å². The molecule has 3 rings (SSSR count). The van der Waals surface area contributed by atoms with Crippen molar-refractivity contribution in [2.45, 2.75) is 25.8 Å². The van der Waals surface area contributed by atoms with Crippen LogP contribution in [-0.2, 0) is 4.79 Å². The lowest BCUT2D eigenvalue weighted by atomic mass is 10.1. The molecule has 26 heavy (non-hydrogen) atoms. The molecule has 132 valence electrons. The Morgan fingerprint density at radius 1 is 1.00 bits per heavy atom. The van der Waals surface area contributed by atoms with Crippen molar-refractivity contribution in [2.75, 3.05) is 0 Å². The van der Waals surface area contributed by atoms with Crippen molar-refractivity contribution in [3.63, 3.8) is 0 Å². The minimum atomic E-state index is -0.258. The summed E-state index contributed by atoms with van der Waals surface area (Å²) in [4.78, 5) is 31.8. The molecule has 0 saturated heterocycles. The molecular formula is C21H21N3O2. The van der Waals surface area contributed by atoms with E-state index in [1.165, 1.54) is 0 Å². The highest BCUT2D eigenvalue weighted by Gasteiger charge is 2.15. The number of carbonyl (C=O) groups is 2. The van der Waals surface area contributed by atoms with Crippen LogP contribution < -0.4 is 5.32 Å². The van der Waals surface area contributed by atoms with E-state index in [0.717, 1.165) is 11.3 Å². The van der Waals surface area contributed by atoms with Crippen molar-refractivity contribution in [3.05, 3.63) is 78.2 Å². The monoisotopic (exact) mass is 347 g/mol. The third kappa shape index (κ3) is 4.45. The number of nitrogens with one attached hydrogen (secondary N) is 2. The molecule has 0 radical (unpaired) electrons. The summed E-state index contributed by atoms with van der Waals surface area (Å²) in [6.07, 6.45) is 2.10. The first-order valence-electron chi connectivity index (χ1n) is 8.61. The van der Waals surface area contributed by atoms with E-state index in [2.05, 4.69) is 15.3 Å². The SMILES string of the molecule is C[C@H](NC(=O)CCC(=O)c1ccccc1)c1ncc(-c2ccccc2)[nH]1. The van der Waals surface area contributed by atoms with E-state index in [-0.39, 0.29) is 30.6 Å². The number of nitrogens with zero attached hydrogens (tertiary/aromatic N) is 1. The van der Waals surface area contributed by atoms with E-state index < -0.39 is 0 Å². The van der Waals surface area contributed by atoms with Crippen molar-refractivity contribution in [1.82, 2.24) is 15.3 Å². The Morgan fingerprint density at radius 2 is 1.65 bits per heavy atom. The van der Waals surface area contributed by atoms with Crippen molar-refractivity contribution < 1.29 is 9.59 Å². The zero-order valence-corrected chi connectivity index (χ0v) is 14.6. The van der Waals surface area contributed by atoms with E-state index >= 15 is 0 Å². The van der Waals surface area contributed by atoms with Crippen LogP contribution in [0.3, 0.4) is 0 Å². The number of hydrogen-bond acceptors (Lipinski definition) is 3. The Hall–Kier alpha value is -3.21. The van der Waals surface area contributed by atoms with Crippen LogP contribution in [0, 0.1) is 0 Å².